The van der Waals surface area contributed by atoms with Crippen LogP contribution in [0.3, 0.4) is 0 Å². The van der Waals surface area contributed by atoms with Gasteiger partial charge in [-0.15, -0.1) is 0 Å². The Bertz CT molecular complexity index is 64.7. The Morgan fingerprint density at radius 1 is 1.86 bits per heavy atom. The predicted octanol–water partition coefficient (Wildman–Crippen LogP) is -0.503. The smallest absolute Gasteiger partial charge is 0.214 e. The van der Waals surface area contributed by atoms with Crippen molar-refractivity contribution < 1.29 is 4.79 Å². The van der Waals surface area contributed by atoms with Gasteiger partial charge in [-0.2, -0.15) is 0 Å². The van der Waals surface area contributed by atoms with Crippen molar-refractivity contribution in [2.75, 3.05) is 0 Å². The van der Waals surface area contributed by atoms with Crippen molar-refractivity contribution in [2.45, 2.75) is 19.0 Å². The first-order valence-corrected chi connectivity index (χ1v) is 4.55. The van der Waals surface area contributed by atoms with Crippen LogP contribution in [0.15, 0.2) is 0 Å². The lowest BCUT2D eigenvalue weighted by Crippen LogP contribution is -2.11. The average Bonchev–Trinajstić information content (AvgIpc) is 1.61. The average molecular weight is 117 g/mol. The van der Waals surface area contributed by atoms with Crippen molar-refractivity contribution in [3.8, 4) is 0 Å². The third kappa shape index (κ3) is 5.69. The van der Waals surface area contributed by atoms with E-state index in [0.717, 1.165) is 0 Å². The number of carbonyl (C=O) groups excluding carboxylic acids is 1. The molecule has 0 atom stereocenters. The highest BCUT2D eigenvalue weighted by Gasteiger charge is 1.89. The van der Waals surface area contributed by atoms with Crippen LogP contribution in [0, 0.1) is 0 Å². The summed E-state index contributed by atoms with van der Waals surface area (Å²) in [4.78, 5) is 10.0. The Labute approximate surface area is 45.9 Å². The van der Waals surface area contributed by atoms with Gasteiger partial charge < -0.3 is 5.73 Å². The lowest BCUT2D eigenvalue weighted by molar-refractivity contribution is -0.115. The summed E-state index contributed by atoms with van der Waals surface area (Å²) < 4.78 is 0. The van der Waals surface area contributed by atoms with Gasteiger partial charge in [-0.25, -0.2) is 0 Å². The molecule has 0 aromatic rings. The summed E-state index contributed by atoms with van der Waals surface area (Å²) in [7, 11) is -0.100. The zero-order chi connectivity index (χ0) is 5.70. The lowest BCUT2D eigenvalue weighted by Gasteiger charge is -1.85. The van der Waals surface area contributed by atoms with Gasteiger partial charge in [0.05, 0.1) is 0 Å². The van der Waals surface area contributed by atoms with E-state index in [9.17, 15) is 4.79 Å². The van der Waals surface area contributed by atoms with E-state index in [2.05, 4.69) is 6.92 Å². The molecule has 2 nitrogen and oxygen atoms in total. The van der Waals surface area contributed by atoms with Crippen LogP contribution in [0.4, 0.5) is 0 Å². The SMILES string of the molecule is CC[SiH2]CC(N)=O. The molecule has 42 valence electrons. The fraction of sp³-hybridized carbons (Fsp3) is 0.750. The molecule has 0 saturated carbocycles. The first-order chi connectivity index (χ1) is 3.27. The van der Waals surface area contributed by atoms with Crippen molar-refractivity contribution >= 4 is 15.4 Å². The Hall–Kier alpha value is -0.313. The Morgan fingerprint density at radius 2 is 2.43 bits per heavy atom. The fourth-order valence-electron chi connectivity index (χ4n) is 0.351. The van der Waals surface area contributed by atoms with Gasteiger partial charge in [0, 0.05) is 15.6 Å². The first-order valence-electron chi connectivity index (χ1n) is 2.55. The van der Waals surface area contributed by atoms with Crippen LogP contribution < -0.4 is 5.73 Å². The molecule has 0 saturated heterocycles. The molecule has 3 heteroatoms. The number of amides is 1. The van der Waals surface area contributed by atoms with Crippen molar-refractivity contribution in [1.82, 2.24) is 0 Å². The standard InChI is InChI=1S/C4H11NOSi/c1-2-7-3-4(5)6/h2-3,7H2,1H3,(H2,5,6). The van der Waals surface area contributed by atoms with Crippen molar-refractivity contribution in [1.29, 1.82) is 0 Å². The van der Waals surface area contributed by atoms with Gasteiger partial charge in [0.25, 0.3) is 0 Å². The Balaban J connectivity index is 2.82. The topological polar surface area (TPSA) is 43.1 Å². The molecule has 0 unspecified atom stereocenters. The number of carbonyl (C=O) groups is 1. The summed E-state index contributed by atoms with van der Waals surface area (Å²) in [5.41, 5.74) is 4.87. The monoisotopic (exact) mass is 117 g/mol. The molecule has 0 fully saturated rings. The maximum Gasteiger partial charge on any atom is 0.214 e. The number of nitrogens with two attached hydrogens (primary N) is 1. The maximum atomic E-state index is 10.0. The van der Waals surface area contributed by atoms with E-state index in [0.29, 0.717) is 6.04 Å². The van der Waals surface area contributed by atoms with Gasteiger partial charge in [0.1, 0.15) is 0 Å². The fourth-order valence-corrected chi connectivity index (χ4v) is 1.05. The minimum Gasteiger partial charge on any atom is -0.370 e. The summed E-state index contributed by atoms with van der Waals surface area (Å²) in [5.74, 6) is -0.131. The van der Waals surface area contributed by atoms with Crippen molar-refractivity contribution in [3.05, 3.63) is 0 Å². The molecular formula is C4H11NOSi. The quantitative estimate of drug-likeness (QED) is 0.497. The van der Waals surface area contributed by atoms with E-state index < -0.39 is 0 Å². The largest absolute Gasteiger partial charge is 0.370 e. The van der Waals surface area contributed by atoms with Crippen LogP contribution in [0.25, 0.3) is 0 Å². The maximum absolute atomic E-state index is 10.0. The van der Waals surface area contributed by atoms with Crippen LogP contribution in [0.5, 0.6) is 0 Å². The van der Waals surface area contributed by atoms with Gasteiger partial charge in [-0.1, -0.05) is 13.0 Å². The van der Waals surface area contributed by atoms with Gasteiger partial charge >= 0.3 is 0 Å². The summed E-state index contributed by atoms with van der Waals surface area (Å²) in [6.45, 7) is 2.09. The molecule has 0 heterocycles. The second-order valence-corrected chi connectivity index (χ2v) is 3.78. The normalized spacial score (nSPS) is 10.4. The molecule has 0 aliphatic heterocycles. The second kappa shape index (κ2) is 3.86. The molecule has 1 amide bonds. The molecular weight excluding hydrogens is 106 g/mol. The zero-order valence-corrected chi connectivity index (χ0v) is 6.02. The summed E-state index contributed by atoms with van der Waals surface area (Å²) in [6.07, 6.45) is 0. The minimum atomic E-state index is -0.131. The predicted molar refractivity (Wildman–Crippen MR) is 33.0 cm³/mol. The molecule has 0 aromatic carbocycles. The third-order valence-corrected chi connectivity index (χ3v) is 2.33. The van der Waals surface area contributed by atoms with E-state index in [-0.39, 0.29) is 15.4 Å². The molecule has 0 aliphatic rings. The van der Waals surface area contributed by atoms with Gasteiger partial charge in [-0.3, -0.25) is 4.79 Å². The van der Waals surface area contributed by atoms with Crippen molar-refractivity contribution in [2.24, 2.45) is 5.73 Å². The summed E-state index contributed by atoms with van der Waals surface area (Å²) in [5, 5.41) is 0. The van der Waals surface area contributed by atoms with E-state index in [1.165, 1.54) is 6.04 Å². The number of rotatable bonds is 3. The second-order valence-electron chi connectivity index (χ2n) is 1.57. The number of primary amides is 1. The molecule has 0 radical (unpaired) electrons. The molecule has 0 spiro atoms. The van der Waals surface area contributed by atoms with Crippen molar-refractivity contribution in [3.63, 3.8) is 0 Å². The molecule has 0 aromatic heterocycles. The first kappa shape index (κ1) is 6.69. The minimum absolute atomic E-state index is 0.100. The van der Waals surface area contributed by atoms with Crippen LogP contribution >= 0.6 is 0 Å². The van der Waals surface area contributed by atoms with Gasteiger partial charge in [-0.05, 0) is 0 Å². The number of hydrogen-bond acceptors (Lipinski definition) is 1. The van der Waals surface area contributed by atoms with E-state index in [4.69, 9.17) is 5.73 Å². The Kier molecular flexibility index (Phi) is 3.69. The van der Waals surface area contributed by atoms with Crippen LogP contribution in [0.2, 0.25) is 12.1 Å². The van der Waals surface area contributed by atoms with E-state index in [1.54, 1.807) is 0 Å². The van der Waals surface area contributed by atoms with Crippen LogP contribution in [-0.2, 0) is 4.79 Å². The molecule has 2 N–H and O–H groups in total. The highest BCUT2D eigenvalue weighted by Crippen LogP contribution is 1.79. The number of hydrogen-bond donors (Lipinski definition) is 1. The zero-order valence-electron chi connectivity index (χ0n) is 4.61. The molecule has 0 bridgehead atoms. The lowest BCUT2D eigenvalue weighted by atomic mass is 10.8. The third-order valence-electron chi connectivity index (χ3n) is 0.777. The summed E-state index contributed by atoms with van der Waals surface area (Å²) in [6, 6.07) is 1.86. The molecule has 0 aliphatic carbocycles. The molecule has 7 heavy (non-hydrogen) atoms. The van der Waals surface area contributed by atoms with Crippen LogP contribution in [-0.4, -0.2) is 15.4 Å². The summed E-state index contributed by atoms with van der Waals surface area (Å²) >= 11 is 0. The highest BCUT2D eigenvalue weighted by molar-refractivity contribution is 6.40. The van der Waals surface area contributed by atoms with Crippen LogP contribution in [0.1, 0.15) is 6.92 Å². The highest BCUT2D eigenvalue weighted by atomic mass is 28.2. The Morgan fingerprint density at radius 3 is 2.57 bits per heavy atom. The molecule has 0 rings (SSSR count). The van der Waals surface area contributed by atoms with E-state index in [1.807, 2.05) is 0 Å². The van der Waals surface area contributed by atoms with Gasteiger partial charge in [0.2, 0.25) is 5.91 Å². The van der Waals surface area contributed by atoms with Gasteiger partial charge in [0.15, 0.2) is 0 Å². The van der Waals surface area contributed by atoms with E-state index >= 15 is 0 Å².